The van der Waals surface area contributed by atoms with Crippen LogP contribution in [-0.2, 0) is 0 Å². The average molecular weight is 157 g/mol. The van der Waals surface area contributed by atoms with Gasteiger partial charge in [-0.05, 0) is 35.3 Å². The Hall–Kier alpha value is 0.860. The molecule has 0 saturated carbocycles. The predicted molar refractivity (Wildman–Crippen MR) is 45.2 cm³/mol. The highest BCUT2D eigenvalue weighted by atomic mass is 32.0. The monoisotopic (exact) mass is 157 g/mol. The lowest BCUT2D eigenvalue weighted by molar-refractivity contribution is 0.904. The summed E-state index contributed by atoms with van der Waals surface area (Å²) in [6.07, 6.45) is 4.82. The highest BCUT2D eigenvalue weighted by molar-refractivity contribution is 8.15. The zero-order valence-corrected chi connectivity index (χ0v) is 7.67. The van der Waals surface area contributed by atoms with Gasteiger partial charge >= 0.3 is 0 Å². The molecule has 0 bridgehead atoms. The van der Waals surface area contributed by atoms with Crippen molar-refractivity contribution in [3.63, 3.8) is 0 Å². The van der Waals surface area contributed by atoms with E-state index in [0.29, 0.717) is 0 Å². The van der Waals surface area contributed by atoms with Gasteiger partial charge in [0.1, 0.15) is 0 Å². The molecule has 1 saturated heterocycles. The molecule has 0 amide bonds. The van der Waals surface area contributed by atoms with Gasteiger partial charge in [0.2, 0.25) is 0 Å². The van der Waals surface area contributed by atoms with Crippen LogP contribution in [0.4, 0.5) is 0 Å². The van der Waals surface area contributed by atoms with E-state index < -0.39 is 0 Å². The number of hydrogen-bond acceptors (Lipinski definition) is 0. The molecule has 1 rings (SSSR count). The fourth-order valence-electron chi connectivity index (χ4n) is 0.900. The molecule has 0 N–H and O–H groups in total. The third-order valence-corrected chi connectivity index (χ3v) is 4.28. The Kier molecular flexibility index (Phi) is 3.44. The first-order valence-electron chi connectivity index (χ1n) is 3.34. The molecule has 9 heavy (non-hydrogen) atoms. The van der Waals surface area contributed by atoms with E-state index in [1.165, 1.54) is 29.4 Å². The largest absolute Gasteiger partial charge is 0.0648 e. The molecule has 1 aliphatic rings. The second-order valence-electron chi connectivity index (χ2n) is 2.02. The van der Waals surface area contributed by atoms with Crippen molar-refractivity contribution in [3.05, 3.63) is 17.7 Å². The summed E-state index contributed by atoms with van der Waals surface area (Å²) in [6.45, 7) is 4.48. The van der Waals surface area contributed by atoms with Gasteiger partial charge in [-0.3, -0.25) is 0 Å². The quantitative estimate of drug-likeness (QED) is 0.533. The van der Waals surface area contributed by atoms with Crippen molar-refractivity contribution >= 4 is 16.5 Å². The maximum atomic E-state index is 2.35. The van der Waals surface area contributed by atoms with Gasteiger partial charge in [-0.25, -0.2) is 0 Å². The highest BCUT2D eigenvalue weighted by Crippen LogP contribution is 2.63. The van der Waals surface area contributed by atoms with E-state index >= 15 is 0 Å². The van der Waals surface area contributed by atoms with E-state index in [0.717, 1.165) is 0 Å². The predicted octanol–water partition coefficient (Wildman–Crippen LogP) is 3.90. The zero-order chi connectivity index (χ0) is 6.69. The minimum Gasteiger partial charge on any atom is -0.0648 e. The molecule has 0 aromatic carbocycles. The minimum absolute atomic E-state index is 1.23. The summed E-state index contributed by atoms with van der Waals surface area (Å²) in [5.74, 6) is 1.60. The Balaban J connectivity index is 2.32. The molecule has 1 aliphatic heterocycles. The first-order chi connectivity index (χ1) is 4.38. The van der Waals surface area contributed by atoms with Gasteiger partial charge in [-0.1, -0.05) is 13.8 Å². The third kappa shape index (κ3) is 1.89. The van der Waals surface area contributed by atoms with Crippen molar-refractivity contribution < 1.29 is 0 Å². The summed E-state index contributed by atoms with van der Waals surface area (Å²) in [5, 5.41) is 0. The zero-order valence-electron chi connectivity index (χ0n) is 5.89. The van der Waals surface area contributed by atoms with E-state index in [9.17, 15) is 0 Å². The molecular weight excluding hydrogens is 146 g/mol. The van der Waals surface area contributed by atoms with Gasteiger partial charge in [0.25, 0.3) is 0 Å². The summed E-state index contributed by atoms with van der Waals surface area (Å²) < 4.78 is 0. The van der Waals surface area contributed by atoms with Crippen molar-refractivity contribution in [3.8, 4) is 0 Å². The van der Waals surface area contributed by atoms with Crippen molar-refractivity contribution in [2.45, 2.75) is 26.7 Å². The summed E-state index contributed by atoms with van der Waals surface area (Å²) in [5.41, 5.74) is 1.65. The molecule has 0 aliphatic carbocycles. The summed E-state index contributed by atoms with van der Waals surface area (Å²) >= 11 is 0. The molecule has 1 heterocycles. The Bertz CT molecular complexity index is 73.0. The molecular formula is C7H11P2. The Morgan fingerprint density at radius 2 is 2.11 bits per heavy atom. The van der Waals surface area contributed by atoms with E-state index in [1.54, 1.807) is 11.6 Å². The molecule has 0 atom stereocenters. The van der Waals surface area contributed by atoms with Crippen molar-refractivity contribution in [1.82, 2.24) is 0 Å². The second kappa shape index (κ2) is 3.89. The normalized spacial score (nSPS) is 28.7. The van der Waals surface area contributed by atoms with Crippen LogP contribution < -0.4 is 0 Å². The molecule has 49 valence electrons. The lowest BCUT2D eigenvalue weighted by atomic mass is 10.0. The van der Waals surface area contributed by atoms with Crippen LogP contribution in [0.15, 0.2) is 0 Å². The van der Waals surface area contributed by atoms with Gasteiger partial charge in [0.05, 0.1) is 0 Å². The molecule has 0 unspecified atom stereocenters. The summed E-state index contributed by atoms with van der Waals surface area (Å²) in [4.78, 5) is 0. The van der Waals surface area contributed by atoms with Crippen molar-refractivity contribution in [2.24, 2.45) is 0 Å². The Labute approximate surface area is 61.6 Å². The molecule has 0 spiro atoms. The molecule has 0 aromatic heterocycles. The topological polar surface area (TPSA) is 0 Å². The SMILES string of the molecule is CC[C]1[CH][P][P][C]1CC. The number of hydrogen-bond donors (Lipinski definition) is 0. The van der Waals surface area contributed by atoms with Gasteiger partial charge in [-0.2, -0.15) is 0 Å². The van der Waals surface area contributed by atoms with Crippen LogP contribution in [0.1, 0.15) is 26.7 Å². The van der Waals surface area contributed by atoms with Crippen LogP contribution in [0.25, 0.3) is 0 Å². The maximum absolute atomic E-state index is 2.35. The van der Waals surface area contributed by atoms with E-state index in [4.69, 9.17) is 0 Å². The first-order valence-corrected chi connectivity index (χ1v) is 5.91. The average Bonchev–Trinajstić information content (AvgIpc) is 2.33. The lowest BCUT2D eigenvalue weighted by Crippen LogP contribution is -1.96. The van der Waals surface area contributed by atoms with Crippen LogP contribution >= 0.6 is 16.5 Å². The summed E-state index contributed by atoms with van der Waals surface area (Å²) in [7, 11) is 3.01. The van der Waals surface area contributed by atoms with Crippen LogP contribution in [0.3, 0.4) is 0 Å². The molecule has 5 radical (unpaired) electrons. The van der Waals surface area contributed by atoms with Gasteiger partial charge in [0, 0.05) is 11.8 Å². The minimum atomic E-state index is 1.23. The fourth-order valence-corrected chi connectivity index (χ4v) is 3.99. The van der Waals surface area contributed by atoms with E-state index in [2.05, 4.69) is 20.0 Å². The van der Waals surface area contributed by atoms with Gasteiger partial charge in [0.15, 0.2) is 0 Å². The van der Waals surface area contributed by atoms with Crippen LogP contribution in [0, 0.1) is 17.7 Å². The van der Waals surface area contributed by atoms with Gasteiger partial charge in [-0.15, -0.1) is 0 Å². The smallest absolute Gasteiger partial charge is 0.0163 e. The maximum Gasteiger partial charge on any atom is 0.0163 e. The fraction of sp³-hybridized carbons (Fsp3) is 0.571. The molecule has 0 nitrogen and oxygen atoms in total. The van der Waals surface area contributed by atoms with E-state index in [1.807, 2.05) is 0 Å². The van der Waals surface area contributed by atoms with Crippen LogP contribution in [0.2, 0.25) is 0 Å². The van der Waals surface area contributed by atoms with E-state index in [-0.39, 0.29) is 0 Å². The van der Waals surface area contributed by atoms with Gasteiger partial charge < -0.3 is 0 Å². The molecule has 2 heteroatoms. The Morgan fingerprint density at radius 1 is 1.33 bits per heavy atom. The van der Waals surface area contributed by atoms with Crippen molar-refractivity contribution in [1.29, 1.82) is 0 Å². The second-order valence-corrected chi connectivity index (χ2v) is 4.55. The van der Waals surface area contributed by atoms with Crippen LogP contribution in [0.5, 0.6) is 0 Å². The highest BCUT2D eigenvalue weighted by Gasteiger charge is 2.26. The lowest BCUT2D eigenvalue weighted by Gasteiger charge is -2.11. The van der Waals surface area contributed by atoms with Crippen molar-refractivity contribution in [2.75, 3.05) is 0 Å². The Morgan fingerprint density at radius 3 is 2.56 bits per heavy atom. The standard InChI is InChI=1S/C7H11P2/c1-3-6-5-8-9-7(6)4-2/h5H,3-4H2,1-2H3. The van der Waals surface area contributed by atoms with Crippen LogP contribution in [-0.4, -0.2) is 0 Å². The molecule has 0 aromatic rings. The summed E-state index contributed by atoms with van der Waals surface area (Å²) in [6, 6.07) is 0. The first kappa shape index (κ1) is 7.96. The number of rotatable bonds is 2. The molecule has 1 fully saturated rings. The third-order valence-electron chi connectivity index (χ3n) is 1.48.